The van der Waals surface area contributed by atoms with Gasteiger partial charge in [-0.05, 0) is 47.7 Å². The summed E-state index contributed by atoms with van der Waals surface area (Å²) in [5, 5.41) is 0. The van der Waals surface area contributed by atoms with Crippen LogP contribution < -0.4 is 4.74 Å². The molecule has 0 aromatic heterocycles. The molecule has 108 valence electrons. The molecule has 2 aromatic carbocycles. The van der Waals surface area contributed by atoms with Gasteiger partial charge in [0, 0.05) is 0 Å². The largest absolute Gasteiger partial charge is 0.458 e. The predicted octanol–water partition coefficient (Wildman–Crippen LogP) is 5.77. The Morgan fingerprint density at radius 2 is 1.43 bits per heavy atom. The van der Waals surface area contributed by atoms with E-state index in [1.165, 1.54) is 23.1 Å². The molecule has 0 amide bonds. The number of benzene rings is 2. The van der Waals surface area contributed by atoms with Gasteiger partial charge in [0.1, 0.15) is 11.5 Å². The minimum atomic E-state index is 0.603. The lowest BCUT2D eigenvalue weighted by Gasteiger charge is -2.09. The molecule has 0 aliphatic rings. The zero-order chi connectivity index (χ0) is 15.2. The van der Waals surface area contributed by atoms with Crippen LogP contribution >= 0.6 is 0 Å². The van der Waals surface area contributed by atoms with Crippen LogP contribution in [-0.2, 0) is 6.42 Å². The molecule has 0 spiro atoms. The SMILES string of the molecule is C=C(C)C(=C)Oc1ccc(-c2ccc(CCC)cc2)cc1. The smallest absolute Gasteiger partial charge is 0.127 e. The number of rotatable bonds is 6. The normalized spacial score (nSPS) is 10.2. The molecule has 2 aromatic rings. The summed E-state index contributed by atoms with van der Waals surface area (Å²) >= 11 is 0. The van der Waals surface area contributed by atoms with Crippen LogP contribution in [0.1, 0.15) is 25.8 Å². The van der Waals surface area contributed by atoms with Gasteiger partial charge in [-0.15, -0.1) is 0 Å². The number of ether oxygens (including phenoxy) is 1. The molecule has 0 saturated heterocycles. The van der Waals surface area contributed by atoms with E-state index in [-0.39, 0.29) is 0 Å². The summed E-state index contributed by atoms with van der Waals surface area (Å²) in [6, 6.07) is 16.8. The van der Waals surface area contributed by atoms with Gasteiger partial charge >= 0.3 is 0 Å². The van der Waals surface area contributed by atoms with E-state index in [9.17, 15) is 0 Å². The molecule has 0 atom stereocenters. The van der Waals surface area contributed by atoms with E-state index in [2.05, 4.69) is 56.5 Å². The average molecular weight is 278 g/mol. The number of hydrogen-bond acceptors (Lipinski definition) is 1. The van der Waals surface area contributed by atoms with Crippen molar-refractivity contribution in [3.05, 3.63) is 78.6 Å². The van der Waals surface area contributed by atoms with Gasteiger partial charge in [-0.2, -0.15) is 0 Å². The Morgan fingerprint density at radius 3 is 1.90 bits per heavy atom. The second-order valence-corrected chi connectivity index (χ2v) is 5.28. The maximum absolute atomic E-state index is 5.62. The summed E-state index contributed by atoms with van der Waals surface area (Å²) in [4.78, 5) is 0. The quantitative estimate of drug-likeness (QED) is 0.481. The molecule has 0 radical (unpaired) electrons. The Labute approximate surface area is 127 Å². The van der Waals surface area contributed by atoms with Crippen molar-refractivity contribution in [2.75, 3.05) is 0 Å². The first kappa shape index (κ1) is 15.1. The predicted molar refractivity (Wildman–Crippen MR) is 90.5 cm³/mol. The molecule has 1 heteroatoms. The zero-order valence-corrected chi connectivity index (χ0v) is 12.9. The van der Waals surface area contributed by atoms with Gasteiger partial charge in [-0.25, -0.2) is 0 Å². The molecule has 1 nitrogen and oxygen atoms in total. The Kier molecular flexibility index (Phi) is 4.99. The van der Waals surface area contributed by atoms with Crippen molar-refractivity contribution in [1.29, 1.82) is 0 Å². The summed E-state index contributed by atoms with van der Waals surface area (Å²) in [6.07, 6.45) is 2.31. The van der Waals surface area contributed by atoms with Crippen molar-refractivity contribution >= 4 is 0 Å². The van der Waals surface area contributed by atoms with Crippen LogP contribution in [0.5, 0.6) is 5.75 Å². The molecular weight excluding hydrogens is 256 g/mol. The second kappa shape index (κ2) is 6.94. The van der Waals surface area contributed by atoms with Gasteiger partial charge in [0.25, 0.3) is 0 Å². The first-order chi connectivity index (χ1) is 10.1. The van der Waals surface area contributed by atoms with E-state index < -0.39 is 0 Å². The molecule has 0 fully saturated rings. The minimum absolute atomic E-state index is 0.603. The molecule has 0 aliphatic heterocycles. The molecule has 2 rings (SSSR count). The van der Waals surface area contributed by atoms with Crippen LogP contribution in [-0.4, -0.2) is 0 Å². The lowest BCUT2D eigenvalue weighted by molar-refractivity contribution is 0.439. The average Bonchev–Trinajstić information content (AvgIpc) is 2.49. The van der Waals surface area contributed by atoms with Crippen LogP contribution in [0.2, 0.25) is 0 Å². The van der Waals surface area contributed by atoms with Crippen LogP contribution in [0.15, 0.2) is 73.0 Å². The van der Waals surface area contributed by atoms with Crippen LogP contribution in [0, 0.1) is 0 Å². The molecule has 0 unspecified atom stereocenters. The summed E-state index contributed by atoms with van der Waals surface area (Å²) in [6.45, 7) is 11.7. The van der Waals surface area contributed by atoms with Crippen molar-refractivity contribution in [3.63, 3.8) is 0 Å². The van der Waals surface area contributed by atoms with Crippen molar-refractivity contribution in [2.45, 2.75) is 26.7 Å². The van der Waals surface area contributed by atoms with Crippen molar-refractivity contribution in [3.8, 4) is 16.9 Å². The first-order valence-electron chi connectivity index (χ1n) is 7.32. The molecule has 0 N–H and O–H groups in total. The molecule has 0 saturated carbocycles. The molecule has 0 bridgehead atoms. The van der Waals surface area contributed by atoms with E-state index >= 15 is 0 Å². The van der Waals surface area contributed by atoms with Crippen molar-refractivity contribution in [1.82, 2.24) is 0 Å². The fourth-order valence-electron chi connectivity index (χ4n) is 2.10. The minimum Gasteiger partial charge on any atom is -0.458 e. The molecule has 21 heavy (non-hydrogen) atoms. The highest BCUT2D eigenvalue weighted by molar-refractivity contribution is 5.64. The third-order valence-electron chi connectivity index (χ3n) is 3.40. The fraction of sp³-hybridized carbons (Fsp3) is 0.200. The van der Waals surface area contributed by atoms with Gasteiger partial charge in [-0.1, -0.05) is 62.9 Å². The van der Waals surface area contributed by atoms with E-state index in [0.717, 1.165) is 17.7 Å². The fourth-order valence-corrected chi connectivity index (χ4v) is 2.10. The number of allylic oxidation sites excluding steroid dienone is 1. The van der Waals surface area contributed by atoms with Crippen molar-refractivity contribution in [2.24, 2.45) is 0 Å². The zero-order valence-electron chi connectivity index (χ0n) is 12.9. The monoisotopic (exact) mass is 278 g/mol. The van der Waals surface area contributed by atoms with Gasteiger partial charge in [0.2, 0.25) is 0 Å². The standard InChI is InChI=1S/C20H22O/c1-5-6-17-7-9-18(10-8-17)19-11-13-20(14-12-19)21-16(4)15(2)3/h7-14H,2,4-6H2,1,3H3. The van der Waals surface area contributed by atoms with Crippen LogP contribution in [0.25, 0.3) is 11.1 Å². The summed E-state index contributed by atoms with van der Waals surface area (Å²) in [5.41, 5.74) is 4.64. The lowest BCUT2D eigenvalue weighted by atomic mass is 10.0. The highest BCUT2D eigenvalue weighted by Crippen LogP contribution is 2.24. The summed E-state index contributed by atoms with van der Waals surface area (Å²) in [7, 11) is 0. The summed E-state index contributed by atoms with van der Waals surface area (Å²) in [5.74, 6) is 1.39. The number of aryl methyl sites for hydroxylation is 1. The maximum Gasteiger partial charge on any atom is 0.127 e. The summed E-state index contributed by atoms with van der Waals surface area (Å²) < 4.78 is 5.62. The number of hydrogen-bond donors (Lipinski definition) is 0. The lowest BCUT2D eigenvalue weighted by Crippen LogP contribution is -1.93. The highest BCUT2D eigenvalue weighted by atomic mass is 16.5. The van der Waals surface area contributed by atoms with E-state index in [0.29, 0.717) is 5.76 Å². The highest BCUT2D eigenvalue weighted by Gasteiger charge is 2.01. The van der Waals surface area contributed by atoms with E-state index in [4.69, 9.17) is 4.74 Å². The maximum atomic E-state index is 5.62. The Bertz CT molecular complexity index is 618. The first-order valence-corrected chi connectivity index (χ1v) is 7.32. The van der Waals surface area contributed by atoms with Gasteiger partial charge in [0.05, 0.1) is 0 Å². The van der Waals surface area contributed by atoms with E-state index in [1.54, 1.807) is 0 Å². The third-order valence-corrected chi connectivity index (χ3v) is 3.40. The Hall–Kier alpha value is -2.28. The molecular formula is C20H22O. The van der Waals surface area contributed by atoms with Gasteiger partial charge in [0.15, 0.2) is 0 Å². The second-order valence-electron chi connectivity index (χ2n) is 5.28. The van der Waals surface area contributed by atoms with Crippen LogP contribution in [0.4, 0.5) is 0 Å². The third kappa shape index (κ3) is 4.09. The molecule has 0 heterocycles. The topological polar surface area (TPSA) is 9.23 Å². The molecule has 0 aliphatic carbocycles. The Morgan fingerprint density at radius 1 is 0.905 bits per heavy atom. The van der Waals surface area contributed by atoms with E-state index in [1.807, 2.05) is 19.1 Å². The van der Waals surface area contributed by atoms with Crippen LogP contribution in [0.3, 0.4) is 0 Å². The Balaban J connectivity index is 2.11. The van der Waals surface area contributed by atoms with Crippen molar-refractivity contribution < 1.29 is 4.74 Å². The van der Waals surface area contributed by atoms with Gasteiger partial charge < -0.3 is 4.74 Å². The van der Waals surface area contributed by atoms with Gasteiger partial charge in [-0.3, -0.25) is 0 Å².